The van der Waals surface area contributed by atoms with Crippen LogP contribution >= 0.6 is 99.4 Å². The van der Waals surface area contributed by atoms with Gasteiger partial charge in [0.2, 0.25) is 11.4 Å². The molecule has 0 aliphatic rings. The van der Waals surface area contributed by atoms with Crippen LogP contribution < -0.4 is 0 Å². The summed E-state index contributed by atoms with van der Waals surface area (Å²) in [4.78, 5) is 13.8. The first-order valence-electron chi connectivity index (χ1n) is 10.7. The first-order valence-corrected chi connectivity index (χ1v) is 31.6. The molecule has 0 spiro atoms. The second-order valence-corrected chi connectivity index (χ2v) is 66.6. The third-order valence-electron chi connectivity index (χ3n) is 4.84. The molecule has 0 radical (unpaired) electrons. The molecule has 0 N–H and O–H groups in total. The monoisotopic (exact) mass is 829 g/mol. The van der Waals surface area contributed by atoms with E-state index in [2.05, 4.69) is 0 Å². The zero-order chi connectivity index (χ0) is 29.1. The Balaban J connectivity index is 0.000000532. The Kier molecular flexibility index (Phi) is 10.9. The van der Waals surface area contributed by atoms with Gasteiger partial charge in [-0.1, -0.05) is 46.4 Å². The summed E-state index contributed by atoms with van der Waals surface area (Å²) >= 11 is 24.4. The van der Waals surface area contributed by atoms with E-state index < -0.39 is 9.14 Å². The van der Waals surface area contributed by atoms with Crippen molar-refractivity contribution >= 4 is 126 Å². The van der Waals surface area contributed by atoms with Gasteiger partial charge < -0.3 is 0 Å². The van der Waals surface area contributed by atoms with Crippen LogP contribution in [0.4, 0.5) is 5.69 Å². The summed E-state index contributed by atoms with van der Waals surface area (Å²) in [5, 5.41) is 2.34. The fraction of sp³-hybridized carbons (Fsp3) is 0. The van der Waals surface area contributed by atoms with Gasteiger partial charge in [0.1, 0.15) is 0 Å². The molecular weight excluding hydrogens is 819 g/mol. The average Bonchev–Trinajstić information content (AvgIpc) is 2.83. The van der Waals surface area contributed by atoms with Crippen LogP contribution in [0.1, 0.15) is 21.5 Å². The van der Waals surface area contributed by atoms with E-state index in [0.29, 0.717) is 37.1 Å². The molecule has 0 bridgehead atoms. The van der Waals surface area contributed by atoms with E-state index >= 15 is 0 Å². The Morgan fingerprint density at radius 2 is 0.718 bits per heavy atom. The second kappa shape index (κ2) is 12.7. The van der Waals surface area contributed by atoms with Gasteiger partial charge in [-0.25, -0.2) is 4.79 Å². The summed E-state index contributed by atoms with van der Waals surface area (Å²) in [7, 11) is 25.0. The summed E-state index contributed by atoms with van der Waals surface area (Å²) in [6.45, 7) is 0. The number of nitrogens with zero attached hydrogens (tertiary/aromatic N) is 1. The number of rotatable bonds is 4. The van der Waals surface area contributed by atoms with Gasteiger partial charge >= 0.3 is 68.0 Å². The predicted molar refractivity (Wildman–Crippen MR) is 174 cm³/mol. The van der Waals surface area contributed by atoms with Gasteiger partial charge in [-0.2, -0.15) is 0 Å². The summed E-state index contributed by atoms with van der Waals surface area (Å²) in [6.07, 6.45) is 0. The van der Waals surface area contributed by atoms with Crippen LogP contribution in [-0.4, -0.2) is 25.3 Å². The number of halogens is 10. The zero-order valence-corrected chi connectivity index (χ0v) is 29.4. The van der Waals surface area contributed by atoms with Crippen molar-refractivity contribution in [3.8, 4) is 0 Å². The van der Waals surface area contributed by atoms with Crippen LogP contribution in [0.15, 0.2) is 97.1 Å². The third-order valence-corrected chi connectivity index (χ3v) is 5.85. The number of carbonyl (C=O) groups is 1. The van der Waals surface area contributed by atoms with Crippen molar-refractivity contribution in [3.05, 3.63) is 134 Å². The molecule has 4 rings (SSSR count). The zero-order valence-electron chi connectivity index (χ0n) is 19.3. The molecule has 13 heteroatoms. The van der Waals surface area contributed by atoms with Gasteiger partial charge in [0, 0.05) is 43.4 Å². The summed E-state index contributed by atoms with van der Waals surface area (Å²) in [5.74, 6) is -0.219. The molecule has 0 unspecified atom stereocenters. The standard InChI is InChI=1S/C26H16Cl4NO.6ClH.Sb/c27-20-7-1-17(2-8-20)25(18-3-9-21(28)10-4-18)31(24-15-13-23(30)14-16-24)26(32)19-5-11-22(29)12-6-19;;;;;;;/h1-16H;6*1H;/q+1;;;;;;;+5/p-6. The van der Waals surface area contributed by atoms with Crippen LogP contribution in [0, 0.1) is 0 Å². The molecule has 0 saturated carbocycles. The van der Waals surface area contributed by atoms with Crippen LogP contribution in [0.2, 0.25) is 20.1 Å². The van der Waals surface area contributed by atoms with Crippen LogP contribution in [-0.2, 0) is 0 Å². The molecule has 1 amide bonds. The SMILES string of the molecule is O=C(c1ccc(Cl)cc1)[N+](=C(c1ccc(Cl)cc1)c1ccc(Cl)cc1)c1ccc(Cl)cc1.[Cl][Sb-]([Cl])([Cl])([Cl])([Cl])[Cl]. The predicted octanol–water partition coefficient (Wildman–Crippen LogP) is 12.1. The van der Waals surface area contributed by atoms with Crippen molar-refractivity contribution in [3.63, 3.8) is 0 Å². The van der Waals surface area contributed by atoms with Gasteiger partial charge in [-0.05, 0) is 84.9 Å². The molecule has 4 aromatic rings. The summed E-state index contributed by atoms with van der Waals surface area (Å²) in [6, 6.07) is 28.6. The third kappa shape index (κ3) is 12.0. The van der Waals surface area contributed by atoms with Crippen molar-refractivity contribution in [1.29, 1.82) is 0 Å². The number of hydrogen-bond acceptors (Lipinski definition) is 1. The number of carbonyl (C=O) groups excluding carboxylic acids is 1. The number of benzene rings is 4. The first-order chi connectivity index (χ1) is 17.9. The fourth-order valence-corrected chi connectivity index (χ4v) is 3.80. The Morgan fingerprint density at radius 3 is 1.03 bits per heavy atom. The Bertz CT molecular complexity index is 1440. The van der Waals surface area contributed by atoms with Crippen molar-refractivity contribution in [1.82, 2.24) is 0 Å². The second-order valence-electron chi connectivity index (χ2n) is 7.94. The quantitative estimate of drug-likeness (QED) is 0.114. The fourth-order valence-electron chi connectivity index (χ4n) is 3.30. The van der Waals surface area contributed by atoms with Gasteiger partial charge in [0.25, 0.3) is 0 Å². The van der Waals surface area contributed by atoms with E-state index in [1.165, 1.54) is 0 Å². The molecular formula is C26H16Cl10NOSb. The molecule has 0 saturated heterocycles. The minimum atomic E-state index is -5.42. The van der Waals surface area contributed by atoms with Crippen LogP contribution in [0.5, 0.6) is 0 Å². The summed E-state index contributed by atoms with van der Waals surface area (Å²) in [5.41, 5.74) is 3.46. The Labute approximate surface area is 266 Å². The van der Waals surface area contributed by atoms with Gasteiger partial charge in [0.15, 0.2) is 0 Å². The molecule has 39 heavy (non-hydrogen) atoms. The van der Waals surface area contributed by atoms with Gasteiger partial charge in [-0.15, -0.1) is 4.58 Å². The molecule has 4 aromatic carbocycles. The van der Waals surface area contributed by atoms with Crippen molar-refractivity contribution in [2.45, 2.75) is 0 Å². The minimum absolute atomic E-state index is 0.219. The molecule has 206 valence electrons. The Hall–Kier alpha value is -0.0618. The average molecular weight is 835 g/mol. The first kappa shape index (κ1) is 33.4. The van der Waals surface area contributed by atoms with E-state index in [9.17, 15) is 4.79 Å². The molecule has 0 aromatic heterocycles. The van der Waals surface area contributed by atoms with Crippen LogP contribution in [0.3, 0.4) is 0 Å². The molecule has 2 nitrogen and oxygen atoms in total. The van der Waals surface area contributed by atoms with Gasteiger partial charge in [0.05, 0.1) is 5.56 Å². The van der Waals surface area contributed by atoms with E-state index in [4.69, 9.17) is 99.4 Å². The molecule has 0 atom stereocenters. The van der Waals surface area contributed by atoms with Crippen molar-refractivity contribution < 1.29 is 9.37 Å². The van der Waals surface area contributed by atoms with E-state index in [1.54, 1.807) is 65.2 Å². The molecule has 0 aliphatic heterocycles. The topological polar surface area (TPSA) is 20.1 Å². The van der Waals surface area contributed by atoms with Crippen molar-refractivity contribution in [2.75, 3.05) is 0 Å². The molecule has 0 heterocycles. The molecule has 0 aliphatic carbocycles. The normalized spacial score (nSPS) is 12.9. The van der Waals surface area contributed by atoms with Crippen LogP contribution in [0.25, 0.3) is 0 Å². The Morgan fingerprint density at radius 1 is 0.462 bits per heavy atom. The van der Waals surface area contributed by atoms with Gasteiger partial charge in [-0.3, -0.25) is 0 Å². The maximum atomic E-state index is 13.8. The number of hydrogen-bond donors (Lipinski definition) is 0. The van der Waals surface area contributed by atoms with E-state index in [-0.39, 0.29) is 5.91 Å². The number of amides is 1. The molecule has 0 fully saturated rings. The van der Waals surface area contributed by atoms with E-state index in [1.807, 2.05) is 36.4 Å². The summed E-state index contributed by atoms with van der Waals surface area (Å²) < 4.78 is 1.66. The van der Waals surface area contributed by atoms with E-state index in [0.717, 1.165) is 11.1 Å². The van der Waals surface area contributed by atoms with Crippen molar-refractivity contribution in [2.24, 2.45) is 0 Å². The maximum absolute atomic E-state index is 13.8.